The highest BCUT2D eigenvalue weighted by Gasteiger charge is 2.64. The molecule has 0 saturated heterocycles. The van der Waals surface area contributed by atoms with Crippen LogP contribution < -0.4 is 4.74 Å². The molecule has 1 N–H and O–H groups in total. The van der Waals surface area contributed by atoms with E-state index in [0.717, 1.165) is 35.3 Å². The quantitative estimate of drug-likeness (QED) is 0.0427. The summed E-state index contributed by atoms with van der Waals surface area (Å²) in [6.45, 7) is 19.9. The third-order valence-electron chi connectivity index (χ3n) is 13.1. The van der Waals surface area contributed by atoms with Gasteiger partial charge in [-0.3, -0.25) is 0 Å². The van der Waals surface area contributed by atoms with Crippen LogP contribution in [0, 0.1) is 23.2 Å². The van der Waals surface area contributed by atoms with Gasteiger partial charge >= 0.3 is 5.97 Å². The van der Waals surface area contributed by atoms with Crippen molar-refractivity contribution < 1.29 is 47.5 Å². The first-order chi connectivity index (χ1) is 26.1. The number of carbonyl (C=O) groups is 1. The van der Waals surface area contributed by atoms with Crippen LogP contribution in [0.3, 0.4) is 0 Å². The van der Waals surface area contributed by atoms with Crippen LogP contribution in [-0.4, -0.2) is 92.4 Å². The molecule has 1 saturated carbocycles. The first kappa shape index (κ1) is 45.6. The van der Waals surface area contributed by atoms with Crippen LogP contribution in [-0.2, 0) is 44.2 Å². The van der Waals surface area contributed by atoms with Crippen molar-refractivity contribution in [2.24, 2.45) is 23.2 Å². The maximum absolute atomic E-state index is 14.1. The van der Waals surface area contributed by atoms with E-state index in [4.69, 9.17) is 37.6 Å². The van der Waals surface area contributed by atoms with Crippen LogP contribution in [0.15, 0.2) is 47.1 Å². The molecule has 0 unspecified atom stereocenters. The average molecular weight is 789 g/mol. The van der Waals surface area contributed by atoms with Crippen molar-refractivity contribution in [3.63, 3.8) is 0 Å². The monoisotopic (exact) mass is 788 g/mol. The molecule has 1 aromatic rings. The summed E-state index contributed by atoms with van der Waals surface area (Å²) in [5, 5.41) is 13.0. The van der Waals surface area contributed by atoms with Gasteiger partial charge in [0.1, 0.15) is 19.3 Å². The molecule has 1 aromatic carbocycles. The number of aliphatic hydroxyl groups is 1. The number of carbonyl (C=O) groups excluding carboxylic acids is 1. The third-order valence-corrected chi connectivity index (χ3v) is 19.3. The molecular weight excluding hydrogens is 717 g/mol. The Hall–Kier alpha value is -2.09. The van der Waals surface area contributed by atoms with E-state index < -0.39 is 25.3 Å². The summed E-state index contributed by atoms with van der Waals surface area (Å²) in [5.41, 5.74) is 2.92. The van der Waals surface area contributed by atoms with E-state index in [1.165, 1.54) is 12.7 Å². The highest BCUT2D eigenvalue weighted by atomic mass is 28.4. The van der Waals surface area contributed by atoms with Gasteiger partial charge in [0.05, 0.1) is 33.0 Å². The number of fused-ring (bicyclic) bond motifs is 3. The standard InChI is InChI=1S/C44H72O10Si/c1-29(2)55(30(3)4,31(5)6)54-21-19-35-37(14-13-20-51-25-33-15-17-34(49-11)18-16-33)44(46,42(45)50-12)26-43(8)38-22-32(7)23-39(52-27-47-9)36(38)24-40(41(35)43)53-28-48-10/h15-18,23,29-31,36,38-41,46H,13-14,19-22,24-28H2,1-12H3/t36-,38+,39-,40+,41-,43-,44+/m0/s1. The molecule has 1 fully saturated rings. The fourth-order valence-corrected chi connectivity index (χ4v) is 16.5. The van der Waals surface area contributed by atoms with Crippen LogP contribution in [0.1, 0.15) is 99.5 Å². The summed E-state index contributed by atoms with van der Waals surface area (Å²) in [7, 11) is 4.09. The summed E-state index contributed by atoms with van der Waals surface area (Å²) in [6, 6.07) is 7.84. The molecule has 0 aliphatic heterocycles. The molecule has 0 heterocycles. The van der Waals surface area contributed by atoms with E-state index in [0.29, 0.717) is 55.7 Å². The maximum atomic E-state index is 14.1. The zero-order chi connectivity index (χ0) is 40.6. The van der Waals surface area contributed by atoms with Crippen LogP contribution in [0.25, 0.3) is 0 Å². The lowest BCUT2D eigenvalue weighted by Gasteiger charge is -2.61. The Bertz CT molecular complexity index is 1420. The van der Waals surface area contributed by atoms with Gasteiger partial charge in [0.15, 0.2) is 13.9 Å². The molecule has 0 amide bonds. The van der Waals surface area contributed by atoms with Gasteiger partial charge in [-0.25, -0.2) is 4.79 Å². The molecule has 312 valence electrons. The van der Waals surface area contributed by atoms with Gasteiger partial charge in [-0.1, -0.05) is 77.8 Å². The first-order valence-corrected chi connectivity index (χ1v) is 22.5. The molecule has 3 aliphatic carbocycles. The Kier molecular flexibility index (Phi) is 16.6. The van der Waals surface area contributed by atoms with Crippen LogP contribution in [0.2, 0.25) is 16.6 Å². The Morgan fingerprint density at radius 1 is 0.909 bits per heavy atom. The minimum absolute atomic E-state index is 0.0807. The molecule has 3 aliphatic rings. The number of esters is 1. The predicted molar refractivity (Wildman–Crippen MR) is 217 cm³/mol. The zero-order valence-corrected chi connectivity index (χ0v) is 36.9. The van der Waals surface area contributed by atoms with Crippen molar-refractivity contribution in [2.75, 3.05) is 55.2 Å². The number of allylic oxidation sites excluding steroid dienone is 1. The van der Waals surface area contributed by atoms with Gasteiger partial charge < -0.3 is 42.7 Å². The summed E-state index contributed by atoms with van der Waals surface area (Å²) in [6.07, 6.45) is 5.24. The Morgan fingerprint density at radius 3 is 2.13 bits per heavy atom. The zero-order valence-electron chi connectivity index (χ0n) is 35.9. The summed E-state index contributed by atoms with van der Waals surface area (Å²) in [4.78, 5) is 14.1. The smallest absolute Gasteiger partial charge is 0.342 e. The molecule has 0 radical (unpaired) electrons. The van der Waals surface area contributed by atoms with Crippen molar-refractivity contribution >= 4 is 14.3 Å². The van der Waals surface area contributed by atoms with Crippen molar-refractivity contribution in [1.82, 2.24) is 0 Å². The lowest BCUT2D eigenvalue weighted by atomic mass is 9.45. The molecule has 10 nitrogen and oxygen atoms in total. The fourth-order valence-electron chi connectivity index (χ4n) is 11.0. The van der Waals surface area contributed by atoms with Gasteiger partial charge in [0, 0.05) is 33.4 Å². The van der Waals surface area contributed by atoms with Crippen molar-refractivity contribution in [3.8, 4) is 5.75 Å². The topological polar surface area (TPSA) is 111 Å². The minimum atomic E-state index is -2.22. The molecule has 7 atom stereocenters. The van der Waals surface area contributed by atoms with E-state index in [-0.39, 0.29) is 50.0 Å². The molecule has 0 bridgehead atoms. The number of ether oxygens (including phenoxy) is 7. The molecule has 55 heavy (non-hydrogen) atoms. The van der Waals surface area contributed by atoms with Gasteiger partial charge in [-0.2, -0.15) is 0 Å². The second kappa shape index (κ2) is 20.1. The SMILES string of the molecule is COCO[C@H]1C=C(C)C[C@@H]2[C@@H]1C[C@@H](OCOC)[C@@H]1C(CCO[Si](C(C)C)(C(C)C)C(C)C)=C(CCCOCc3ccc(OC)cc3)[C@@](O)(C(=O)OC)C[C@@]21C. The second-order valence-corrected chi connectivity index (χ2v) is 22.8. The number of rotatable bonds is 21. The Morgan fingerprint density at radius 2 is 1.55 bits per heavy atom. The largest absolute Gasteiger partial charge is 0.497 e. The molecule has 0 aromatic heterocycles. The van der Waals surface area contributed by atoms with Crippen LogP contribution in [0.4, 0.5) is 0 Å². The number of hydrogen-bond donors (Lipinski definition) is 1. The van der Waals surface area contributed by atoms with Gasteiger partial charge in [-0.05, 0) is 103 Å². The Labute approximate surface area is 332 Å². The third kappa shape index (κ3) is 9.79. The van der Waals surface area contributed by atoms with E-state index in [1.807, 2.05) is 24.3 Å². The van der Waals surface area contributed by atoms with Crippen molar-refractivity contribution in [3.05, 3.63) is 52.6 Å². The molecule has 4 rings (SSSR count). The lowest BCUT2D eigenvalue weighted by Crippen LogP contribution is -2.62. The minimum Gasteiger partial charge on any atom is -0.497 e. The highest BCUT2D eigenvalue weighted by Crippen LogP contribution is 2.64. The van der Waals surface area contributed by atoms with Crippen LogP contribution in [0.5, 0.6) is 5.75 Å². The van der Waals surface area contributed by atoms with Crippen molar-refractivity contribution in [2.45, 2.75) is 135 Å². The van der Waals surface area contributed by atoms with Gasteiger partial charge in [-0.15, -0.1) is 0 Å². The van der Waals surface area contributed by atoms with E-state index >= 15 is 0 Å². The molecule has 11 heteroatoms. The number of benzene rings is 1. The normalized spacial score (nSPS) is 28.4. The fraction of sp³-hybridized carbons (Fsp3) is 0.750. The van der Waals surface area contributed by atoms with E-state index in [1.54, 1.807) is 21.3 Å². The van der Waals surface area contributed by atoms with E-state index in [9.17, 15) is 9.90 Å². The lowest BCUT2D eigenvalue weighted by molar-refractivity contribution is -0.199. The predicted octanol–water partition coefficient (Wildman–Crippen LogP) is 8.77. The maximum Gasteiger partial charge on any atom is 0.342 e. The van der Waals surface area contributed by atoms with E-state index in [2.05, 4.69) is 61.5 Å². The first-order valence-electron chi connectivity index (χ1n) is 20.4. The van der Waals surface area contributed by atoms with Gasteiger partial charge in [0.2, 0.25) is 0 Å². The van der Waals surface area contributed by atoms with Crippen molar-refractivity contribution in [1.29, 1.82) is 0 Å². The van der Waals surface area contributed by atoms with Crippen LogP contribution >= 0.6 is 0 Å². The highest BCUT2D eigenvalue weighted by molar-refractivity contribution is 6.77. The number of methoxy groups -OCH3 is 4. The summed E-state index contributed by atoms with van der Waals surface area (Å²) in [5.74, 6) is 0.255. The van der Waals surface area contributed by atoms with Gasteiger partial charge in [0.25, 0.3) is 0 Å². The average Bonchev–Trinajstić information content (AvgIpc) is 3.14. The molecule has 0 spiro atoms. The molecular formula is C44H72O10Si. The summed E-state index contributed by atoms with van der Waals surface area (Å²) >= 11 is 0. The second-order valence-electron chi connectivity index (χ2n) is 17.3. The Balaban J connectivity index is 1.81. The number of hydrogen-bond acceptors (Lipinski definition) is 10. The summed E-state index contributed by atoms with van der Waals surface area (Å²) < 4.78 is 48.0.